The van der Waals surface area contributed by atoms with Crippen molar-refractivity contribution in [3.63, 3.8) is 0 Å². The maximum absolute atomic E-state index is 12.9. The zero-order valence-electron chi connectivity index (χ0n) is 12.5. The van der Waals surface area contributed by atoms with Crippen LogP contribution in [0.1, 0.15) is 6.42 Å². The smallest absolute Gasteiger partial charge is 0.247 e. The summed E-state index contributed by atoms with van der Waals surface area (Å²) in [5, 5.41) is 12.7. The van der Waals surface area contributed by atoms with E-state index in [1.807, 2.05) is 19.0 Å². The van der Waals surface area contributed by atoms with Crippen molar-refractivity contribution in [2.24, 2.45) is 0 Å². The molecule has 2 atom stereocenters. The van der Waals surface area contributed by atoms with Crippen molar-refractivity contribution in [3.8, 4) is 0 Å². The fraction of sp³-hybridized carbons (Fsp3) is 0.615. The molecule has 7 nitrogen and oxygen atoms in total. The van der Waals surface area contributed by atoms with E-state index >= 15 is 0 Å². The van der Waals surface area contributed by atoms with E-state index in [0.717, 1.165) is 0 Å². The van der Waals surface area contributed by atoms with Crippen molar-refractivity contribution < 1.29 is 13.5 Å². The quantitative estimate of drug-likeness (QED) is 0.783. The number of aromatic nitrogens is 1. The number of hydrogen-bond acceptors (Lipinski definition) is 6. The van der Waals surface area contributed by atoms with Crippen molar-refractivity contribution in [1.29, 1.82) is 0 Å². The highest BCUT2D eigenvalue weighted by Crippen LogP contribution is 2.29. The van der Waals surface area contributed by atoms with Crippen molar-refractivity contribution in [3.05, 3.63) is 18.5 Å². The number of aliphatic hydroxyl groups excluding tert-OH is 1. The van der Waals surface area contributed by atoms with Gasteiger partial charge in [0.1, 0.15) is 4.90 Å². The van der Waals surface area contributed by atoms with E-state index in [2.05, 4.69) is 10.3 Å². The van der Waals surface area contributed by atoms with Gasteiger partial charge >= 0.3 is 0 Å². The van der Waals surface area contributed by atoms with Crippen LogP contribution in [-0.2, 0) is 10.0 Å². The van der Waals surface area contributed by atoms with Crippen molar-refractivity contribution in [2.75, 3.05) is 39.5 Å². The molecule has 118 valence electrons. The van der Waals surface area contributed by atoms with Crippen LogP contribution < -0.4 is 5.32 Å². The zero-order valence-corrected chi connectivity index (χ0v) is 13.3. The van der Waals surface area contributed by atoms with Crippen LogP contribution in [-0.4, -0.2) is 74.1 Å². The molecule has 8 heteroatoms. The number of β-amino-alcohol motifs (C(OH)–C–C–N with tert-alkyl or cyclic N) is 1. The van der Waals surface area contributed by atoms with Crippen LogP contribution in [0.3, 0.4) is 0 Å². The number of nitrogens with one attached hydrogen (secondary N) is 1. The van der Waals surface area contributed by atoms with E-state index in [9.17, 15) is 13.5 Å². The van der Waals surface area contributed by atoms with Gasteiger partial charge in [-0.3, -0.25) is 4.98 Å². The summed E-state index contributed by atoms with van der Waals surface area (Å²) < 4.78 is 27.1. The third-order valence-corrected chi connectivity index (χ3v) is 5.50. The minimum atomic E-state index is -3.69. The summed E-state index contributed by atoms with van der Waals surface area (Å²) in [5.74, 6) is 0. The zero-order chi connectivity index (χ0) is 15.6. The van der Waals surface area contributed by atoms with E-state index in [4.69, 9.17) is 0 Å². The van der Waals surface area contributed by atoms with Gasteiger partial charge in [-0.2, -0.15) is 4.31 Å². The highest BCUT2D eigenvalue weighted by atomic mass is 32.2. The molecule has 0 spiro atoms. The van der Waals surface area contributed by atoms with Gasteiger partial charge < -0.3 is 15.3 Å². The molecule has 0 aliphatic carbocycles. The van der Waals surface area contributed by atoms with Gasteiger partial charge in [0.15, 0.2) is 0 Å². The Morgan fingerprint density at radius 3 is 2.86 bits per heavy atom. The average molecular weight is 314 g/mol. The normalized spacial score (nSPS) is 23.7. The van der Waals surface area contributed by atoms with Crippen molar-refractivity contribution in [1.82, 2.24) is 14.2 Å². The summed E-state index contributed by atoms with van der Waals surface area (Å²) in [4.78, 5) is 5.99. The number of anilines is 1. The third-order valence-electron chi connectivity index (χ3n) is 3.56. The lowest BCUT2D eigenvalue weighted by molar-refractivity contribution is 0.188. The Labute approximate surface area is 125 Å². The molecule has 2 N–H and O–H groups in total. The molecule has 1 aromatic heterocycles. The van der Waals surface area contributed by atoms with Gasteiger partial charge in [0.25, 0.3) is 0 Å². The Hall–Kier alpha value is -1.22. The van der Waals surface area contributed by atoms with Gasteiger partial charge in [-0.1, -0.05) is 0 Å². The molecular formula is C13H22N4O3S. The van der Waals surface area contributed by atoms with Crippen LogP contribution in [0.15, 0.2) is 23.4 Å². The van der Waals surface area contributed by atoms with Crippen LogP contribution in [0.2, 0.25) is 0 Å². The Kier molecular flexibility index (Phi) is 4.82. The van der Waals surface area contributed by atoms with Gasteiger partial charge in [-0.05, 0) is 26.6 Å². The molecule has 1 fully saturated rings. The number of pyridine rings is 1. The second kappa shape index (κ2) is 6.27. The summed E-state index contributed by atoms with van der Waals surface area (Å²) in [5.41, 5.74) is 0.509. The van der Waals surface area contributed by atoms with Gasteiger partial charge in [0.05, 0.1) is 11.8 Å². The molecule has 0 bridgehead atoms. The molecule has 0 radical (unpaired) electrons. The Morgan fingerprint density at radius 1 is 1.52 bits per heavy atom. The van der Waals surface area contributed by atoms with E-state index in [1.54, 1.807) is 19.3 Å². The first-order valence-corrected chi connectivity index (χ1v) is 8.26. The summed E-state index contributed by atoms with van der Waals surface area (Å²) in [6.07, 6.45) is 2.71. The van der Waals surface area contributed by atoms with E-state index < -0.39 is 16.1 Å². The molecule has 2 rings (SSSR count). The highest BCUT2D eigenvalue weighted by molar-refractivity contribution is 7.89. The predicted molar refractivity (Wildman–Crippen MR) is 80.6 cm³/mol. The van der Waals surface area contributed by atoms with Crippen LogP contribution in [0.5, 0.6) is 0 Å². The number of nitrogens with zero attached hydrogens (tertiary/aromatic N) is 3. The molecule has 1 aromatic rings. The Morgan fingerprint density at radius 2 is 2.24 bits per heavy atom. The second-order valence-electron chi connectivity index (χ2n) is 5.50. The molecule has 1 aliphatic rings. The number of hydrogen-bond donors (Lipinski definition) is 2. The van der Waals surface area contributed by atoms with Gasteiger partial charge in [-0.15, -0.1) is 0 Å². The number of sulfonamides is 1. The minimum absolute atomic E-state index is 0.124. The lowest BCUT2D eigenvalue weighted by atomic mass is 10.2. The molecule has 0 saturated carbocycles. The third kappa shape index (κ3) is 3.34. The Bertz CT molecular complexity index is 591. The maximum atomic E-state index is 12.9. The topological polar surface area (TPSA) is 85.8 Å². The van der Waals surface area contributed by atoms with Crippen LogP contribution >= 0.6 is 0 Å². The molecule has 1 saturated heterocycles. The van der Waals surface area contributed by atoms with Crippen molar-refractivity contribution in [2.45, 2.75) is 23.5 Å². The lowest BCUT2D eigenvalue weighted by Gasteiger charge is -2.26. The van der Waals surface area contributed by atoms with Crippen LogP contribution in [0, 0.1) is 0 Å². The summed E-state index contributed by atoms with van der Waals surface area (Å²) >= 11 is 0. The molecule has 2 unspecified atom stereocenters. The van der Waals surface area contributed by atoms with Crippen molar-refractivity contribution >= 4 is 15.7 Å². The number of aliphatic hydroxyl groups is 1. The first-order valence-electron chi connectivity index (χ1n) is 6.82. The molecular weight excluding hydrogens is 292 g/mol. The fourth-order valence-electron chi connectivity index (χ4n) is 2.66. The standard InChI is InChI=1S/C13H22N4O3S/c1-14-12-4-5-15-7-13(12)21(19,20)17-9-11(18)6-10(17)8-16(2)3/h4-5,7,10-11,18H,6,8-9H2,1-3H3,(H,14,15). The molecule has 0 amide bonds. The van der Waals surface area contributed by atoms with Crippen LogP contribution in [0.25, 0.3) is 0 Å². The Balaban J connectivity index is 2.37. The summed E-state index contributed by atoms with van der Waals surface area (Å²) in [7, 11) is 1.76. The van der Waals surface area contributed by atoms with Gasteiger partial charge in [0, 0.05) is 38.6 Å². The van der Waals surface area contributed by atoms with E-state index in [-0.39, 0.29) is 17.5 Å². The highest BCUT2D eigenvalue weighted by Gasteiger charge is 2.40. The summed E-state index contributed by atoms with van der Waals surface area (Å²) in [6, 6.07) is 1.39. The predicted octanol–water partition coefficient (Wildman–Crippen LogP) is -0.191. The first-order chi connectivity index (χ1) is 9.86. The van der Waals surface area contributed by atoms with E-state index in [1.165, 1.54) is 10.5 Å². The molecule has 0 aromatic carbocycles. The average Bonchev–Trinajstić information content (AvgIpc) is 2.79. The van der Waals surface area contributed by atoms with E-state index in [0.29, 0.717) is 18.7 Å². The minimum Gasteiger partial charge on any atom is -0.392 e. The maximum Gasteiger partial charge on any atom is 0.247 e. The summed E-state index contributed by atoms with van der Waals surface area (Å²) in [6.45, 7) is 0.699. The number of likely N-dealkylation sites (N-methyl/N-ethyl adjacent to an activating group) is 1. The second-order valence-corrected chi connectivity index (χ2v) is 7.36. The molecule has 1 aliphatic heterocycles. The monoisotopic (exact) mass is 314 g/mol. The molecule has 2 heterocycles. The molecule has 21 heavy (non-hydrogen) atoms. The van der Waals surface area contributed by atoms with Crippen LogP contribution in [0.4, 0.5) is 5.69 Å². The van der Waals surface area contributed by atoms with Gasteiger partial charge in [-0.25, -0.2) is 8.42 Å². The number of rotatable bonds is 5. The fourth-order valence-corrected chi connectivity index (χ4v) is 4.47. The van der Waals surface area contributed by atoms with Gasteiger partial charge in [0.2, 0.25) is 10.0 Å². The lowest BCUT2D eigenvalue weighted by Crippen LogP contribution is -2.41. The largest absolute Gasteiger partial charge is 0.392 e. The first kappa shape index (κ1) is 16.2. The SMILES string of the molecule is CNc1ccncc1S(=O)(=O)N1CC(O)CC1CN(C)C.